The molecule has 0 aromatic carbocycles. The normalized spacial score (nSPS) is 14.9. The molecule has 0 saturated carbocycles. The van der Waals surface area contributed by atoms with Gasteiger partial charge < -0.3 is 9.15 Å². The van der Waals surface area contributed by atoms with Gasteiger partial charge in [0.25, 0.3) is 5.91 Å². The Kier molecular flexibility index (Phi) is 5.83. The Balaban J connectivity index is 1.56. The van der Waals surface area contributed by atoms with E-state index in [2.05, 4.69) is 10.3 Å². The van der Waals surface area contributed by atoms with Gasteiger partial charge in [0.1, 0.15) is 0 Å². The summed E-state index contributed by atoms with van der Waals surface area (Å²) >= 11 is 1.54. The Morgan fingerprint density at radius 1 is 1.32 bits per heavy atom. The summed E-state index contributed by atoms with van der Waals surface area (Å²) in [6, 6.07) is 3.78. The van der Waals surface area contributed by atoms with Gasteiger partial charge in [-0.2, -0.15) is 0 Å². The molecule has 1 aliphatic heterocycles. The van der Waals surface area contributed by atoms with Crippen LogP contribution in [0.1, 0.15) is 40.6 Å². The highest BCUT2D eigenvalue weighted by molar-refractivity contribution is 7.16. The van der Waals surface area contributed by atoms with Crippen LogP contribution in [0.3, 0.4) is 0 Å². The number of amides is 1. The van der Waals surface area contributed by atoms with E-state index in [9.17, 15) is 4.79 Å². The number of ether oxygens (including phenoxy) is 1. The molecular formula is C21H23N3O3S. The molecule has 0 spiro atoms. The molecule has 6 nitrogen and oxygen atoms in total. The minimum Gasteiger partial charge on any atom is -0.472 e. The van der Waals surface area contributed by atoms with Gasteiger partial charge in [0, 0.05) is 36.0 Å². The first-order chi connectivity index (χ1) is 13.7. The van der Waals surface area contributed by atoms with E-state index in [4.69, 9.17) is 14.1 Å². The first-order valence-corrected chi connectivity index (χ1v) is 10.4. The third-order valence-electron chi connectivity index (χ3n) is 4.99. The van der Waals surface area contributed by atoms with Crippen LogP contribution in [0.15, 0.2) is 41.5 Å². The minimum absolute atomic E-state index is 0.187. The standard InChI is InChI=1S/C21H23N3O3S/c1-2-14-9-17(12-22-11-14)20(25)24-21-23-19(16-5-8-27-13-16)18(28-21)10-15-3-6-26-7-4-15/h5,8-9,11-13,15H,2-4,6-7,10H2,1H3,(H,23,24,25). The number of furan rings is 1. The van der Waals surface area contributed by atoms with Crippen LogP contribution in [0.4, 0.5) is 5.13 Å². The number of aromatic nitrogens is 2. The monoisotopic (exact) mass is 397 g/mol. The lowest BCUT2D eigenvalue weighted by atomic mass is 9.95. The fraction of sp³-hybridized carbons (Fsp3) is 0.381. The highest BCUT2D eigenvalue weighted by atomic mass is 32.1. The highest BCUT2D eigenvalue weighted by Crippen LogP contribution is 2.35. The first-order valence-electron chi connectivity index (χ1n) is 9.58. The summed E-state index contributed by atoms with van der Waals surface area (Å²) in [6.45, 7) is 3.67. The number of carbonyl (C=O) groups is 1. The molecule has 0 atom stereocenters. The molecule has 0 unspecified atom stereocenters. The van der Waals surface area contributed by atoms with Crippen LogP contribution in [-0.4, -0.2) is 29.1 Å². The predicted molar refractivity (Wildman–Crippen MR) is 109 cm³/mol. The molecule has 7 heteroatoms. The molecule has 0 bridgehead atoms. The van der Waals surface area contributed by atoms with E-state index in [0.29, 0.717) is 16.6 Å². The number of aryl methyl sites for hydroxylation is 1. The molecule has 1 N–H and O–H groups in total. The second-order valence-corrected chi connectivity index (χ2v) is 8.04. The molecule has 146 valence electrons. The summed E-state index contributed by atoms with van der Waals surface area (Å²) in [4.78, 5) is 22.7. The molecular weight excluding hydrogens is 374 g/mol. The van der Waals surface area contributed by atoms with Crippen LogP contribution < -0.4 is 5.32 Å². The number of thiazole rings is 1. The number of anilines is 1. The van der Waals surface area contributed by atoms with Crippen molar-refractivity contribution in [2.24, 2.45) is 5.92 Å². The van der Waals surface area contributed by atoms with E-state index < -0.39 is 0 Å². The molecule has 4 rings (SSSR count). The number of hydrogen-bond acceptors (Lipinski definition) is 6. The molecule has 28 heavy (non-hydrogen) atoms. The lowest BCUT2D eigenvalue weighted by Crippen LogP contribution is -2.17. The number of pyridine rings is 1. The summed E-state index contributed by atoms with van der Waals surface area (Å²) in [5, 5.41) is 3.54. The number of carbonyl (C=O) groups excluding carboxylic acids is 1. The minimum atomic E-state index is -0.187. The molecule has 0 aliphatic carbocycles. The molecule has 1 saturated heterocycles. The van der Waals surface area contributed by atoms with E-state index in [1.807, 2.05) is 19.1 Å². The van der Waals surface area contributed by atoms with Crippen molar-refractivity contribution >= 4 is 22.4 Å². The van der Waals surface area contributed by atoms with Crippen molar-refractivity contribution in [1.82, 2.24) is 9.97 Å². The van der Waals surface area contributed by atoms with Crippen molar-refractivity contribution in [2.45, 2.75) is 32.6 Å². The number of hydrogen-bond donors (Lipinski definition) is 1. The van der Waals surface area contributed by atoms with Crippen LogP contribution in [0, 0.1) is 5.92 Å². The molecule has 4 heterocycles. The van der Waals surface area contributed by atoms with Gasteiger partial charge in [0.05, 0.1) is 23.8 Å². The van der Waals surface area contributed by atoms with Crippen LogP contribution in [0.5, 0.6) is 0 Å². The van der Waals surface area contributed by atoms with Gasteiger partial charge in [-0.05, 0) is 49.3 Å². The highest BCUT2D eigenvalue weighted by Gasteiger charge is 2.21. The first kappa shape index (κ1) is 18.8. The number of rotatable bonds is 6. The van der Waals surface area contributed by atoms with Crippen LogP contribution >= 0.6 is 11.3 Å². The fourth-order valence-corrected chi connectivity index (χ4v) is 4.45. The summed E-state index contributed by atoms with van der Waals surface area (Å²) in [5.41, 5.74) is 3.41. The van der Waals surface area contributed by atoms with Crippen molar-refractivity contribution in [1.29, 1.82) is 0 Å². The van der Waals surface area contributed by atoms with Crippen molar-refractivity contribution in [3.8, 4) is 11.3 Å². The van der Waals surface area contributed by atoms with E-state index in [0.717, 1.165) is 55.7 Å². The molecule has 0 radical (unpaired) electrons. The predicted octanol–water partition coefficient (Wildman–Crippen LogP) is 4.58. The fourth-order valence-electron chi connectivity index (χ4n) is 3.36. The Hall–Kier alpha value is -2.51. The van der Waals surface area contributed by atoms with Crippen LogP contribution in [-0.2, 0) is 17.6 Å². The number of nitrogens with one attached hydrogen (secondary N) is 1. The maximum absolute atomic E-state index is 12.7. The topological polar surface area (TPSA) is 77.3 Å². The third kappa shape index (κ3) is 4.31. The summed E-state index contributed by atoms with van der Waals surface area (Å²) in [5.74, 6) is 0.391. The van der Waals surface area contributed by atoms with Crippen LogP contribution in [0.2, 0.25) is 0 Å². The van der Waals surface area contributed by atoms with E-state index in [1.165, 1.54) is 16.2 Å². The SMILES string of the molecule is CCc1cncc(C(=O)Nc2nc(-c3ccoc3)c(CC3CCOCC3)s2)c1. The molecule has 1 fully saturated rings. The molecule has 3 aromatic rings. The van der Waals surface area contributed by atoms with Crippen molar-refractivity contribution in [3.63, 3.8) is 0 Å². The quantitative estimate of drug-likeness (QED) is 0.659. The van der Waals surface area contributed by atoms with Crippen molar-refractivity contribution in [2.75, 3.05) is 18.5 Å². The van der Waals surface area contributed by atoms with E-state index in [1.54, 1.807) is 24.9 Å². The van der Waals surface area contributed by atoms with Gasteiger partial charge in [-0.3, -0.25) is 15.1 Å². The summed E-state index contributed by atoms with van der Waals surface area (Å²) in [6.07, 6.45) is 10.6. The second-order valence-electron chi connectivity index (χ2n) is 6.95. The zero-order chi connectivity index (χ0) is 19.3. The van der Waals surface area contributed by atoms with Gasteiger partial charge in [0.2, 0.25) is 0 Å². The largest absolute Gasteiger partial charge is 0.472 e. The van der Waals surface area contributed by atoms with Crippen LogP contribution in [0.25, 0.3) is 11.3 Å². The summed E-state index contributed by atoms with van der Waals surface area (Å²) in [7, 11) is 0. The Bertz CT molecular complexity index is 930. The smallest absolute Gasteiger partial charge is 0.259 e. The number of nitrogens with zero attached hydrogens (tertiary/aromatic N) is 2. The van der Waals surface area contributed by atoms with Gasteiger partial charge >= 0.3 is 0 Å². The zero-order valence-corrected chi connectivity index (χ0v) is 16.6. The van der Waals surface area contributed by atoms with E-state index in [-0.39, 0.29) is 5.91 Å². The second kappa shape index (κ2) is 8.67. The Morgan fingerprint density at radius 2 is 2.18 bits per heavy atom. The lowest BCUT2D eigenvalue weighted by molar-refractivity contribution is 0.0668. The third-order valence-corrected chi connectivity index (χ3v) is 5.99. The van der Waals surface area contributed by atoms with Crippen molar-refractivity contribution < 1.29 is 13.9 Å². The maximum atomic E-state index is 12.7. The van der Waals surface area contributed by atoms with Gasteiger partial charge in [-0.25, -0.2) is 4.98 Å². The molecule has 1 amide bonds. The summed E-state index contributed by atoms with van der Waals surface area (Å²) < 4.78 is 10.7. The van der Waals surface area contributed by atoms with Gasteiger partial charge in [0.15, 0.2) is 5.13 Å². The van der Waals surface area contributed by atoms with Gasteiger partial charge in [-0.1, -0.05) is 6.92 Å². The Morgan fingerprint density at radius 3 is 2.93 bits per heavy atom. The molecule has 3 aromatic heterocycles. The molecule has 1 aliphatic rings. The average Bonchev–Trinajstić information content (AvgIpc) is 3.39. The van der Waals surface area contributed by atoms with Gasteiger partial charge in [-0.15, -0.1) is 11.3 Å². The Labute approximate surface area is 168 Å². The van der Waals surface area contributed by atoms with Crippen molar-refractivity contribution in [3.05, 3.63) is 53.1 Å². The zero-order valence-electron chi connectivity index (χ0n) is 15.8. The van der Waals surface area contributed by atoms with E-state index >= 15 is 0 Å². The average molecular weight is 398 g/mol. The lowest BCUT2D eigenvalue weighted by Gasteiger charge is -2.21. The maximum Gasteiger partial charge on any atom is 0.259 e.